The average Bonchev–Trinajstić information content (AvgIpc) is 2.74. The highest BCUT2D eigenvalue weighted by atomic mass is 14.8. The number of hydrogen-bond donors (Lipinski definition) is 0. The Morgan fingerprint density at radius 2 is 1.80 bits per heavy atom. The molecule has 3 aromatic rings. The van der Waals surface area contributed by atoms with Crippen molar-refractivity contribution in [3.63, 3.8) is 0 Å². The van der Waals surface area contributed by atoms with E-state index < -0.39 is 0 Å². The number of benzene rings is 1. The van der Waals surface area contributed by atoms with Gasteiger partial charge in [0, 0.05) is 18.0 Å². The summed E-state index contributed by atoms with van der Waals surface area (Å²) in [6, 6.07) is 19.6. The van der Waals surface area contributed by atoms with E-state index in [0.29, 0.717) is 0 Å². The Hall–Kier alpha value is -2.02. The highest BCUT2D eigenvalue weighted by Gasteiger charge is 2.02. The SMILES string of the molecule is [c]1ccccc1-c1ccn2ccccc12. The van der Waals surface area contributed by atoms with Gasteiger partial charge >= 0.3 is 0 Å². The summed E-state index contributed by atoms with van der Waals surface area (Å²) >= 11 is 0. The predicted molar refractivity (Wildman–Crippen MR) is 61.7 cm³/mol. The molecular weight excluding hydrogens is 182 g/mol. The van der Waals surface area contributed by atoms with Crippen molar-refractivity contribution < 1.29 is 0 Å². The van der Waals surface area contributed by atoms with Crippen LogP contribution < -0.4 is 0 Å². The summed E-state index contributed by atoms with van der Waals surface area (Å²) in [7, 11) is 0. The van der Waals surface area contributed by atoms with Crippen molar-refractivity contribution in [2.24, 2.45) is 0 Å². The van der Waals surface area contributed by atoms with Crippen LogP contribution in [0.15, 0.2) is 60.9 Å². The molecule has 1 nitrogen and oxygen atoms in total. The zero-order chi connectivity index (χ0) is 10.1. The molecule has 1 radical (unpaired) electrons. The molecular formula is C14H10N. The predicted octanol–water partition coefficient (Wildman–Crippen LogP) is 3.41. The van der Waals surface area contributed by atoms with Gasteiger partial charge in [-0.2, -0.15) is 0 Å². The van der Waals surface area contributed by atoms with Crippen molar-refractivity contribution in [3.05, 3.63) is 67.0 Å². The minimum Gasteiger partial charge on any atom is -0.323 e. The summed E-state index contributed by atoms with van der Waals surface area (Å²) in [4.78, 5) is 0. The van der Waals surface area contributed by atoms with E-state index in [2.05, 4.69) is 47.1 Å². The smallest absolute Gasteiger partial charge is 0.0528 e. The molecule has 0 saturated carbocycles. The van der Waals surface area contributed by atoms with Gasteiger partial charge in [-0.25, -0.2) is 0 Å². The Labute approximate surface area is 88.6 Å². The molecule has 0 aliphatic rings. The van der Waals surface area contributed by atoms with Gasteiger partial charge in [-0.3, -0.25) is 0 Å². The van der Waals surface area contributed by atoms with Gasteiger partial charge in [0.2, 0.25) is 0 Å². The highest BCUT2D eigenvalue weighted by molar-refractivity contribution is 5.80. The lowest BCUT2D eigenvalue weighted by atomic mass is 10.1. The van der Waals surface area contributed by atoms with E-state index in [1.165, 1.54) is 11.1 Å². The fourth-order valence-corrected chi connectivity index (χ4v) is 1.84. The van der Waals surface area contributed by atoms with E-state index in [-0.39, 0.29) is 0 Å². The molecule has 0 aliphatic heterocycles. The zero-order valence-corrected chi connectivity index (χ0v) is 8.22. The lowest BCUT2D eigenvalue weighted by molar-refractivity contribution is 1.20. The Bertz CT molecular complexity index is 578. The van der Waals surface area contributed by atoms with E-state index in [1.54, 1.807) is 0 Å². The molecule has 0 amide bonds. The average molecular weight is 192 g/mol. The normalized spacial score (nSPS) is 10.7. The molecule has 2 heterocycles. The number of nitrogens with zero attached hydrogens (tertiary/aromatic N) is 1. The molecule has 0 atom stereocenters. The molecule has 0 fully saturated rings. The maximum atomic E-state index is 3.25. The first kappa shape index (κ1) is 8.30. The van der Waals surface area contributed by atoms with Gasteiger partial charge in [0.15, 0.2) is 0 Å². The molecule has 0 spiro atoms. The second-order valence-corrected chi connectivity index (χ2v) is 3.50. The molecule has 1 heteroatoms. The Kier molecular flexibility index (Phi) is 1.82. The van der Waals surface area contributed by atoms with Crippen LogP contribution in [0.1, 0.15) is 0 Å². The van der Waals surface area contributed by atoms with Gasteiger partial charge < -0.3 is 4.40 Å². The summed E-state index contributed by atoms with van der Waals surface area (Å²) < 4.78 is 2.12. The fourth-order valence-electron chi connectivity index (χ4n) is 1.84. The monoisotopic (exact) mass is 192 g/mol. The molecule has 0 saturated heterocycles. The topological polar surface area (TPSA) is 4.41 Å². The third kappa shape index (κ3) is 1.33. The number of rotatable bonds is 1. The van der Waals surface area contributed by atoms with Crippen molar-refractivity contribution in [2.45, 2.75) is 0 Å². The van der Waals surface area contributed by atoms with Crippen molar-refractivity contribution in [3.8, 4) is 11.1 Å². The number of pyridine rings is 1. The number of fused-ring (bicyclic) bond motifs is 1. The van der Waals surface area contributed by atoms with Gasteiger partial charge in [0.05, 0.1) is 5.52 Å². The molecule has 3 rings (SSSR count). The molecule has 2 aromatic heterocycles. The minimum atomic E-state index is 1.14. The first-order valence-electron chi connectivity index (χ1n) is 4.98. The maximum absolute atomic E-state index is 3.25. The van der Waals surface area contributed by atoms with E-state index in [9.17, 15) is 0 Å². The molecule has 0 aliphatic carbocycles. The fraction of sp³-hybridized carbons (Fsp3) is 0. The second-order valence-electron chi connectivity index (χ2n) is 3.50. The van der Waals surface area contributed by atoms with Crippen LogP contribution in [0.4, 0.5) is 0 Å². The van der Waals surface area contributed by atoms with Crippen molar-refractivity contribution in [1.29, 1.82) is 0 Å². The van der Waals surface area contributed by atoms with E-state index in [4.69, 9.17) is 0 Å². The molecule has 15 heavy (non-hydrogen) atoms. The van der Waals surface area contributed by atoms with E-state index in [1.807, 2.05) is 24.3 Å². The molecule has 0 N–H and O–H groups in total. The summed E-state index contributed by atoms with van der Waals surface area (Å²) in [6.07, 6.45) is 4.13. The van der Waals surface area contributed by atoms with Crippen LogP contribution in [0.2, 0.25) is 0 Å². The Balaban J connectivity index is 2.28. The van der Waals surface area contributed by atoms with Crippen LogP contribution >= 0.6 is 0 Å². The number of aromatic nitrogens is 1. The molecule has 71 valence electrons. The summed E-state index contributed by atoms with van der Waals surface area (Å²) in [6.45, 7) is 0. The standard InChI is InChI=1S/C14H10N/c1-2-6-12(7-3-1)13-9-11-15-10-5-4-8-14(13)15/h1-6,8-11H. The maximum Gasteiger partial charge on any atom is 0.0528 e. The van der Waals surface area contributed by atoms with E-state index in [0.717, 1.165) is 5.56 Å². The lowest BCUT2D eigenvalue weighted by Gasteiger charge is -1.99. The van der Waals surface area contributed by atoms with Gasteiger partial charge in [-0.15, -0.1) is 0 Å². The van der Waals surface area contributed by atoms with Gasteiger partial charge in [-0.1, -0.05) is 30.3 Å². The molecule has 0 unspecified atom stereocenters. The quantitative estimate of drug-likeness (QED) is 0.556. The van der Waals surface area contributed by atoms with Gasteiger partial charge in [0.1, 0.15) is 0 Å². The summed E-state index contributed by atoms with van der Waals surface area (Å²) in [5.74, 6) is 0. The zero-order valence-electron chi connectivity index (χ0n) is 8.22. The first-order chi connectivity index (χ1) is 7.45. The van der Waals surface area contributed by atoms with Crippen LogP contribution in [0.5, 0.6) is 0 Å². The van der Waals surface area contributed by atoms with Crippen molar-refractivity contribution in [2.75, 3.05) is 0 Å². The second kappa shape index (κ2) is 3.28. The summed E-state index contributed by atoms with van der Waals surface area (Å²) in [5.41, 5.74) is 3.60. The van der Waals surface area contributed by atoms with E-state index >= 15 is 0 Å². The van der Waals surface area contributed by atoms with Gasteiger partial charge in [0.25, 0.3) is 0 Å². The third-order valence-corrected chi connectivity index (χ3v) is 2.57. The lowest BCUT2D eigenvalue weighted by Crippen LogP contribution is -1.80. The van der Waals surface area contributed by atoms with Crippen molar-refractivity contribution in [1.82, 2.24) is 4.40 Å². The van der Waals surface area contributed by atoms with Crippen LogP contribution in [-0.2, 0) is 0 Å². The molecule has 1 aromatic carbocycles. The minimum absolute atomic E-state index is 1.14. The van der Waals surface area contributed by atoms with Crippen LogP contribution in [-0.4, -0.2) is 4.40 Å². The Morgan fingerprint density at radius 3 is 2.67 bits per heavy atom. The van der Waals surface area contributed by atoms with Crippen LogP contribution in [0, 0.1) is 6.07 Å². The summed E-state index contributed by atoms with van der Waals surface area (Å²) in [5, 5.41) is 0. The largest absolute Gasteiger partial charge is 0.323 e. The van der Waals surface area contributed by atoms with Crippen LogP contribution in [0.3, 0.4) is 0 Å². The number of hydrogen-bond acceptors (Lipinski definition) is 0. The Morgan fingerprint density at radius 1 is 0.867 bits per heavy atom. The first-order valence-corrected chi connectivity index (χ1v) is 4.98. The van der Waals surface area contributed by atoms with Gasteiger partial charge in [-0.05, 0) is 29.8 Å². The van der Waals surface area contributed by atoms with Crippen LogP contribution in [0.25, 0.3) is 16.6 Å². The third-order valence-electron chi connectivity index (χ3n) is 2.57. The highest BCUT2D eigenvalue weighted by Crippen LogP contribution is 2.24. The molecule has 0 bridgehead atoms. The van der Waals surface area contributed by atoms with Crippen molar-refractivity contribution >= 4 is 5.52 Å².